The number of carboxylic acids is 1. The highest BCUT2D eigenvalue weighted by molar-refractivity contribution is 8.08. The van der Waals surface area contributed by atoms with Gasteiger partial charge in [0.25, 0.3) is 0 Å². The van der Waals surface area contributed by atoms with Crippen molar-refractivity contribution in [1.82, 2.24) is 0 Å². The topological polar surface area (TPSA) is 37.3 Å². The van der Waals surface area contributed by atoms with E-state index in [1.165, 1.54) is 18.2 Å². The summed E-state index contributed by atoms with van der Waals surface area (Å²) in [5.74, 6) is -1.18. The Hall–Kier alpha value is -2.21. The molecule has 6 heteroatoms. The van der Waals surface area contributed by atoms with E-state index in [1.54, 1.807) is 30.3 Å². The van der Waals surface area contributed by atoms with Gasteiger partial charge in [-0.25, -0.2) is 4.79 Å². The molecule has 0 aromatic heterocycles. The lowest BCUT2D eigenvalue weighted by Crippen LogP contribution is -2.03. The van der Waals surface area contributed by atoms with Gasteiger partial charge in [0, 0.05) is 15.9 Å². The van der Waals surface area contributed by atoms with Gasteiger partial charge in [0.15, 0.2) is 0 Å². The molecule has 120 valence electrons. The van der Waals surface area contributed by atoms with Crippen LogP contribution in [0, 0.1) is 6.92 Å². The molecule has 0 aliphatic rings. The average Bonchev–Trinajstić information content (AvgIpc) is 2.46. The van der Waals surface area contributed by atoms with Gasteiger partial charge in [-0.2, -0.15) is 13.2 Å². The number of halogens is 3. The van der Waals surface area contributed by atoms with Crippen molar-refractivity contribution < 1.29 is 23.1 Å². The molecule has 0 saturated heterocycles. The molecule has 0 heterocycles. The van der Waals surface area contributed by atoms with Crippen LogP contribution in [-0.4, -0.2) is 17.3 Å². The number of carboxylic acid groups (broad SMARTS) is 1. The van der Waals surface area contributed by atoms with Crippen LogP contribution < -0.4 is 0 Å². The summed E-state index contributed by atoms with van der Waals surface area (Å²) in [5, 5.41) is 9.16. The van der Waals surface area contributed by atoms with Gasteiger partial charge in [0.1, 0.15) is 0 Å². The van der Waals surface area contributed by atoms with Crippen molar-refractivity contribution in [2.24, 2.45) is 0 Å². The molecule has 2 nitrogen and oxygen atoms in total. The number of benzene rings is 2. The molecule has 23 heavy (non-hydrogen) atoms. The third kappa shape index (κ3) is 4.89. The molecule has 2 aromatic rings. The summed E-state index contributed by atoms with van der Waals surface area (Å²) in [4.78, 5) is 11.4. The molecular formula is C17H13F3O2S. The van der Waals surface area contributed by atoms with E-state index in [-0.39, 0.29) is 21.4 Å². The van der Waals surface area contributed by atoms with Crippen LogP contribution in [0.3, 0.4) is 0 Å². The Morgan fingerprint density at radius 3 is 2.26 bits per heavy atom. The summed E-state index contributed by atoms with van der Waals surface area (Å²) >= 11 is 0.790. The lowest BCUT2D eigenvalue weighted by Gasteiger charge is -2.11. The minimum Gasteiger partial charge on any atom is -0.478 e. The lowest BCUT2D eigenvalue weighted by molar-refractivity contribution is -0.0791. The first-order chi connectivity index (χ1) is 10.8. The Bertz CT molecular complexity index is 734. The standard InChI is InChI=1S/C17H13F3O2S/c1-11-6-8-12(9-7-11)15(10-17(18,19)20)23-14-5-3-2-4-13(14)16(21)22/h2-10H,1H3,(H,21,22)/b15-10-. The Balaban J connectivity index is 2.46. The van der Waals surface area contributed by atoms with E-state index in [0.717, 1.165) is 17.3 Å². The molecule has 2 rings (SSSR count). The number of aromatic carboxylic acids is 1. The number of carbonyl (C=O) groups is 1. The highest BCUT2D eigenvalue weighted by atomic mass is 32.2. The van der Waals surface area contributed by atoms with Crippen molar-refractivity contribution in [2.75, 3.05) is 0 Å². The molecule has 0 amide bonds. The first-order valence-corrected chi connectivity index (χ1v) is 7.45. The minimum atomic E-state index is -4.49. The molecule has 0 atom stereocenters. The molecule has 0 radical (unpaired) electrons. The van der Waals surface area contributed by atoms with Crippen LogP contribution in [-0.2, 0) is 0 Å². The number of thioether (sulfide) groups is 1. The third-order valence-electron chi connectivity index (χ3n) is 2.97. The maximum Gasteiger partial charge on any atom is 0.410 e. The second kappa shape index (κ2) is 6.91. The van der Waals surface area contributed by atoms with E-state index in [4.69, 9.17) is 5.11 Å². The zero-order valence-electron chi connectivity index (χ0n) is 12.1. The van der Waals surface area contributed by atoms with E-state index in [0.29, 0.717) is 5.56 Å². The molecule has 0 spiro atoms. The highest BCUT2D eigenvalue weighted by Crippen LogP contribution is 2.38. The van der Waals surface area contributed by atoms with Crippen molar-refractivity contribution in [1.29, 1.82) is 0 Å². The Morgan fingerprint density at radius 1 is 1.09 bits per heavy atom. The molecule has 0 saturated carbocycles. The quantitative estimate of drug-likeness (QED) is 0.760. The van der Waals surface area contributed by atoms with Crippen LogP contribution in [0.25, 0.3) is 4.91 Å². The molecule has 0 unspecified atom stereocenters. The molecule has 0 fully saturated rings. The third-order valence-corrected chi connectivity index (χ3v) is 4.12. The summed E-state index contributed by atoms with van der Waals surface area (Å²) < 4.78 is 38.5. The van der Waals surface area contributed by atoms with Gasteiger partial charge in [-0.05, 0) is 24.6 Å². The van der Waals surface area contributed by atoms with E-state index < -0.39 is 12.1 Å². The Morgan fingerprint density at radius 2 is 1.70 bits per heavy atom. The smallest absolute Gasteiger partial charge is 0.410 e. The number of rotatable bonds is 4. The molecule has 2 aromatic carbocycles. The van der Waals surface area contributed by atoms with Gasteiger partial charge in [-0.15, -0.1) is 0 Å². The van der Waals surface area contributed by atoms with Gasteiger partial charge in [0.05, 0.1) is 5.56 Å². The fourth-order valence-electron chi connectivity index (χ4n) is 1.89. The lowest BCUT2D eigenvalue weighted by atomic mass is 10.1. The van der Waals surface area contributed by atoms with Crippen molar-refractivity contribution in [3.63, 3.8) is 0 Å². The summed E-state index contributed by atoms with van der Waals surface area (Å²) in [5.41, 5.74) is 1.28. The maximum absolute atomic E-state index is 12.8. The van der Waals surface area contributed by atoms with Crippen LogP contribution in [0.5, 0.6) is 0 Å². The van der Waals surface area contributed by atoms with Crippen LogP contribution in [0.15, 0.2) is 59.5 Å². The largest absolute Gasteiger partial charge is 0.478 e. The molecule has 0 bridgehead atoms. The molecule has 1 N–H and O–H groups in total. The van der Waals surface area contributed by atoms with E-state index in [9.17, 15) is 18.0 Å². The summed E-state index contributed by atoms with van der Waals surface area (Å²) in [7, 11) is 0. The number of alkyl halides is 3. The summed E-state index contributed by atoms with van der Waals surface area (Å²) in [6.07, 6.45) is -4.30. The number of hydrogen-bond acceptors (Lipinski definition) is 2. The van der Waals surface area contributed by atoms with Crippen molar-refractivity contribution >= 4 is 22.6 Å². The molecule has 0 aliphatic carbocycles. The summed E-state index contributed by atoms with van der Waals surface area (Å²) in [6.45, 7) is 1.84. The van der Waals surface area contributed by atoms with Crippen molar-refractivity contribution in [3.05, 3.63) is 71.3 Å². The zero-order chi connectivity index (χ0) is 17.0. The predicted molar refractivity (Wildman–Crippen MR) is 84.5 cm³/mol. The highest BCUT2D eigenvalue weighted by Gasteiger charge is 2.26. The van der Waals surface area contributed by atoms with Gasteiger partial charge >= 0.3 is 12.1 Å². The second-order valence-corrected chi connectivity index (χ2v) is 5.90. The Labute approximate surface area is 135 Å². The SMILES string of the molecule is Cc1ccc(/C(=C/C(F)(F)F)Sc2ccccc2C(=O)O)cc1. The van der Waals surface area contributed by atoms with E-state index in [1.807, 2.05) is 6.92 Å². The molecule has 0 aliphatic heterocycles. The molecular weight excluding hydrogens is 325 g/mol. The maximum atomic E-state index is 12.8. The minimum absolute atomic E-state index is 0.0299. The van der Waals surface area contributed by atoms with E-state index in [2.05, 4.69) is 0 Å². The average molecular weight is 338 g/mol. The number of hydrogen-bond donors (Lipinski definition) is 1. The number of allylic oxidation sites excluding steroid dienone is 1. The van der Waals surface area contributed by atoms with Crippen LogP contribution in [0.2, 0.25) is 0 Å². The van der Waals surface area contributed by atoms with Gasteiger partial charge in [-0.1, -0.05) is 53.7 Å². The monoisotopic (exact) mass is 338 g/mol. The fraction of sp³-hybridized carbons (Fsp3) is 0.118. The van der Waals surface area contributed by atoms with Gasteiger partial charge in [-0.3, -0.25) is 0 Å². The van der Waals surface area contributed by atoms with Crippen LogP contribution >= 0.6 is 11.8 Å². The fourth-order valence-corrected chi connectivity index (χ4v) is 2.98. The van der Waals surface area contributed by atoms with Gasteiger partial charge in [0.2, 0.25) is 0 Å². The van der Waals surface area contributed by atoms with Crippen LogP contribution in [0.1, 0.15) is 21.5 Å². The van der Waals surface area contributed by atoms with Crippen molar-refractivity contribution in [3.8, 4) is 0 Å². The van der Waals surface area contributed by atoms with Gasteiger partial charge < -0.3 is 5.11 Å². The van der Waals surface area contributed by atoms with Crippen molar-refractivity contribution in [2.45, 2.75) is 18.0 Å². The zero-order valence-corrected chi connectivity index (χ0v) is 12.9. The summed E-state index contributed by atoms with van der Waals surface area (Å²) in [6, 6.07) is 12.6. The first-order valence-electron chi connectivity index (χ1n) is 6.63. The van der Waals surface area contributed by atoms with Crippen LogP contribution in [0.4, 0.5) is 13.2 Å². The Kier molecular flexibility index (Phi) is 5.15. The predicted octanol–water partition coefficient (Wildman–Crippen LogP) is 5.39. The normalized spacial score (nSPS) is 12.3. The first kappa shape index (κ1) is 17.1. The second-order valence-electron chi connectivity index (χ2n) is 4.82. The van der Waals surface area contributed by atoms with E-state index >= 15 is 0 Å². The number of aryl methyl sites for hydroxylation is 1.